The third kappa shape index (κ3) is 4.72. The number of aromatic nitrogens is 4. The standard InChI is InChI=1S/C20H22N6O4S/c1-3-29-19(28)17-16(22-11-23-17)18(27)26-7-8-30-14(10-26)13-5-4-6-15(24-13)25-20-21-9-12(2)31-20/h4-6,9,11,14H,3,7-8,10H2,1-2H3,(H,22,23)(H,21,24,25). The number of anilines is 2. The summed E-state index contributed by atoms with van der Waals surface area (Å²) in [6.07, 6.45) is 2.71. The van der Waals surface area contributed by atoms with Crippen LogP contribution in [0.15, 0.2) is 30.7 Å². The number of pyridine rings is 1. The summed E-state index contributed by atoms with van der Waals surface area (Å²) in [7, 11) is 0. The SMILES string of the molecule is CCOC(=O)c1[nH]cnc1C(=O)N1CCOC(c2cccc(Nc3ncc(C)s3)n2)C1. The summed E-state index contributed by atoms with van der Waals surface area (Å²) in [5.74, 6) is -0.313. The minimum absolute atomic E-state index is 0.0432. The summed E-state index contributed by atoms with van der Waals surface area (Å²) in [6.45, 7) is 4.93. The number of imidazole rings is 1. The van der Waals surface area contributed by atoms with Crippen molar-refractivity contribution in [1.82, 2.24) is 24.8 Å². The molecule has 11 heteroatoms. The molecule has 0 radical (unpaired) electrons. The van der Waals surface area contributed by atoms with E-state index in [4.69, 9.17) is 9.47 Å². The summed E-state index contributed by atoms with van der Waals surface area (Å²) in [4.78, 5) is 43.5. The van der Waals surface area contributed by atoms with Gasteiger partial charge in [0.2, 0.25) is 0 Å². The minimum atomic E-state index is -0.606. The molecule has 0 saturated carbocycles. The lowest BCUT2D eigenvalue weighted by Gasteiger charge is -2.32. The molecule has 1 saturated heterocycles. The predicted octanol–water partition coefficient (Wildman–Crippen LogP) is 2.70. The number of nitrogens with zero attached hydrogens (tertiary/aromatic N) is 4. The van der Waals surface area contributed by atoms with Crippen LogP contribution < -0.4 is 5.32 Å². The molecular weight excluding hydrogens is 420 g/mol. The van der Waals surface area contributed by atoms with E-state index in [0.717, 1.165) is 10.0 Å². The van der Waals surface area contributed by atoms with Crippen LogP contribution in [0.2, 0.25) is 0 Å². The second-order valence-electron chi connectivity index (χ2n) is 6.81. The maximum absolute atomic E-state index is 13.0. The Morgan fingerprint density at radius 3 is 3.03 bits per heavy atom. The number of rotatable bonds is 6. The van der Waals surface area contributed by atoms with E-state index in [1.54, 1.807) is 18.0 Å². The fourth-order valence-electron chi connectivity index (χ4n) is 3.20. The van der Waals surface area contributed by atoms with E-state index in [2.05, 4.69) is 25.3 Å². The number of morpholine rings is 1. The Bertz CT molecular complexity index is 1080. The Morgan fingerprint density at radius 1 is 1.39 bits per heavy atom. The molecule has 31 heavy (non-hydrogen) atoms. The van der Waals surface area contributed by atoms with Gasteiger partial charge in [-0.05, 0) is 26.0 Å². The fraction of sp³-hybridized carbons (Fsp3) is 0.350. The van der Waals surface area contributed by atoms with E-state index in [-0.39, 0.29) is 23.9 Å². The van der Waals surface area contributed by atoms with E-state index >= 15 is 0 Å². The van der Waals surface area contributed by atoms with Gasteiger partial charge in [-0.3, -0.25) is 4.79 Å². The third-order valence-corrected chi connectivity index (χ3v) is 5.46. The first-order valence-electron chi connectivity index (χ1n) is 9.83. The lowest BCUT2D eigenvalue weighted by molar-refractivity contribution is -0.0249. The molecule has 1 aliphatic heterocycles. The van der Waals surface area contributed by atoms with Gasteiger partial charge in [0.15, 0.2) is 16.5 Å². The first-order valence-corrected chi connectivity index (χ1v) is 10.6. The molecule has 1 amide bonds. The van der Waals surface area contributed by atoms with Gasteiger partial charge in [-0.25, -0.2) is 19.7 Å². The molecular formula is C20H22N6O4S. The Kier molecular flexibility index (Phi) is 6.23. The summed E-state index contributed by atoms with van der Waals surface area (Å²) in [5, 5.41) is 3.95. The summed E-state index contributed by atoms with van der Waals surface area (Å²) < 4.78 is 10.9. The second-order valence-corrected chi connectivity index (χ2v) is 8.04. The van der Waals surface area contributed by atoms with Crippen LogP contribution in [0, 0.1) is 6.92 Å². The average molecular weight is 443 g/mol. The number of aryl methyl sites for hydroxylation is 1. The van der Waals surface area contributed by atoms with Gasteiger partial charge in [-0.1, -0.05) is 6.07 Å². The van der Waals surface area contributed by atoms with E-state index in [0.29, 0.717) is 31.2 Å². The third-order valence-electron chi connectivity index (χ3n) is 4.63. The number of esters is 1. The van der Waals surface area contributed by atoms with E-state index < -0.39 is 12.1 Å². The Hall–Kier alpha value is -3.31. The van der Waals surface area contributed by atoms with Crippen LogP contribution in [0.5, 0.6) is 0 Å². The first-order chi connectivity index (χ1) is 15.0. The molecule has 2 N–H and O–H groups in total. The molecule has 1 atom stereocenters. The zero-order valence-electron chi connectivity index (χ0n) is 17.1. The van der Waals surface area contributed by atoms with Crippen molar-refractivity contribution in [3.05, 3.63) is 52.7 Å². The molecule has 4 heterocycles. The highest BCUT2D eigenvalue weighted by atomic mass is 32.1. The normalized spacial score (nSPS) is 16.2. The second kappa shape index (κ2) is 9.23. The van der Waals surface area contributed by atoms with E-state index in [1.807, 2.05) is 25.1 Å². The Balaban J connectivity index is 1.48. The van der Waals surface area contributed by atoms with Crippen molar-refractivity contribution in [2.75, 3.05) is 31.6 Å². The van der Waals surface area contributed by atoms with Crippen LogP contribution in [-0.2, 0) is 9.47 Å². The topological polar surface area (TPSA) is 122 Å². The summed E-state index contributed by atoms with van der Waals surface area (Å²) in [5.41, 5.74) is 0.794. The highest BCUT2D eigenvalue weighted by Crippen LogP contribution is 2.25. The fourth-order valence-corrected chi connectivity index (χ4v) is 3.87. The van der Waals surface area contributed by atoms with Gasteiger partial charge in [0.05, 0.1) is 31.8 Å². The van der Waals surface area contributed by atoms with Crippen molar-refractivity contribution < 1.29 is 19.1 Å². The van der Waals surface area contributed by atoms with Crippen molar-refractivity contribution in [3.8, 4) is 0 Å². The maximum Gasteiger partial charge on any atom is 0.357 e. The van der Waals surface area contributed by atoms with Gasteiger partial charge in [-0.2, -0.15) is 0 Å². The quantitative estimate of drug-likeness (QED) is 0.559. The average Bonchev–Trinajstić information content (AvgIpc) is 3.43. The number of ether oxygens (including phenoxy) is 2. The molecule has 0 spiro atoms. The Labute approximate surface area is 182 Å². The van der Waals surface area contributed by atoms with Crippen LogP contribution in [0.25, 0.3) is 0 Å². The van der Waals surface area contributed by atoms with Crippen LogP contribution in [0.4, 0.5) is 10.9 Å². The van der Waals surface area contributed by atoms with Crippen molar-refractivity contribution in [2.45, 2.75) is 20.0 Å². The number of H-pyrrole nitrogens is 1. The van der Waals surface area contributed by atoms with E-state index in [9.17, 15) is 9.59 Å². The number of carbonyl (C=O) groups excluding carboxylic acids is 2. The molecule has 10 nitrogen and oxygen atoms in total. The number of nitrogens with one attached hydrogen (secondary N) is 2. The van der Waals surface area contributed by atoms with Gasteiger partial charge < -0.3 is 24.7 Å². The number of hydrogen-bond donors (Lipinski definition) is 2. The monoisotopic (exact) mass is 442 g/mol. The van der Waals surface area contributed by atoms with Crippen LogP contribution in [-0.4, -0.2) is 63.0 Å². The molecule has 1 aliphatic rings. The van der Waals surface area contributed by atoms with Crippen molar-refractivity contribution in [3.63, 3.8) is 0 Å². The van der Waals surface area contributed by atoms with Gasteiger partial charge >= 0.3 is 5.97 Å². The largest absolute Gasteiger partial charge is 0.461 e. The molecule has 4 rings (SSSR count). The molecule has 0 bridgehead atoms. The van der Waals surface area contributed by atoms with Crippen LogP contribution >= 0.6 is 11.3 Å². The maximum atomic E-state index is 13.0. The van der Waals surface area contributed by atoms with Gasteiger partial charge in [-0.15, -0.1) is 11.3 Å². The Morgan fingerprint density at radius 2 is 2.26 bits per heavy atom. The number of hydrogen-bond acceptors (Lipinski definition) is 9. The number of amides is 1. The van der Waals surface area contributed by atoms with Crippen LogP contribution in [0.1, 0.15) is 44.6 Å². The predicted molar refractivity (Wildman–Crippen MR) is 114 cm³/mol. The number of aromatic amines is 1. The smallest absolute Gasteiger partial charge is 0.357 e. The molecule has 3 aromatic rings. The van der Waals surface area contributed by atoms with Gasteiger partial charge in [0.25, 0.3) is 5.91 Å². The number of carbonyl (C=O) groups is 2. The van der Waals surface area contributed by atoms with Crippen molar-refractivity contribution >= 4 is 34.2 Å². The highest BCUT2D eigenvalue weighted by Gasteiger charge is 2.31. The minimum Gasteiger partial charge on any atom is -0.461 e. The molecule has 0 aliphatic carbocycles. The van der Waals surface area contributed by atoms with Crippen LogP contribution in [0.3, 0.4) is 0 Å². The number of thiazole rings is 1. The summed E-state index contributed by atoms with van der Waals surface area (Å²) >= 11 is 1.54. The van der Waals surface area contributed by atoms with Gasteiger partial charge in [0.1, 0.15) is 11.9 Å². The molecule has 3 aromatic heterocycles. The molecule has 0 aromatic carbocycles. The van der Waals surface area contributed by atoms with E-state index in [1.165, 1.54) is 17.7 Å². The molecule has 162 valence electrons. The zero-order chi connectivity index (χ0) is 21.8. The van der Waals surface area contributed by atoms with Crippen molar-refractivity contribution in [2.24, 2.45) is 0 Å². The van der Waals surface area contributed by atoms with Crippen molar-refractivity contribution in [1.29, 1.82) is 0 Å². The lowest BCUT2D eigenvalue weighted by atomic mass is 10.1. The zero-order valence-corrected chi connectivity index (χ0v) is 17.9. The lowest BCUT2D eigenvalue weighted by Crippen LogP contribution is -2.43. The molecule has 1 unspecified atom stereocenters. The van der Waals surface area contributed by atoms with Gasteiger partial charge in [0, 0.05) is 17.6 Å². The summed E-state index contributed by atoms with van der Waals surface area (Å²) in [6, 6.07) is 5.58. The first kappa shape index (κ1) is 20.9. The highest BCUT2D eigenvalue weighted by molar-refractivity contribution is 7.15. The molecule has 1 fully saturated rings.